The van der Waals surface area contributed by atoms with Crippen LogP contribution in [0.5, 0.6) is 0 Å². The first kappa shape index (κ1) is 17.4. The summed E-state index contributed by atoms with van der Waals surface area (Å²) in [5, 5.41) is 9.32. The van der Waals surface area contributed by atoms with E-state index in [0.29, 0.717) is 19.3 Å². The van der Waals surface area contributed by atoms with Gasteiger partial charge >= 0.3 is 5.97 Å². The molecule has 1 fully saturated rings. The van der Waals surface area contributed by atoms with Gasteiger partial charge in [-0.25, -0.2) is 0 Å². The average Bonchev–Trinajstić information content (AvgIpc) is 2.90. The third-order valence-electron chi connectivity index (χ3n) is 4.32. The van der Waals surface area contributed by atoms with Crippen molar-refractivity contribution in [3.8, 4) is 0 Å². The molecule has 118 valence electrons. The molecule has 1 rings (SSSR count). The van der Waals surface area contributed by atoms with E-state index in [1.165, 1.54) is 25.7 Å². The van der Waals surface area contributed by atoms with Crippen molar-refractivity contribution in [2.75, 3.05) is 19.8 Å². The lowest BCUT2D eigenvalue weighted by Gasteiger charge is -2.35. The number of ether oxygens (including phenoxy) is 1. The van der Waals surface area contributed by atoms with Gasteiger partial charge < -0.3 is 9.84 Å². The maximum atomic E-state index is 11.3. The van der Waals surface area contributed by atoms with Gasteiger partial charge in [0.15, 0.2) is 0 Å². The molecule has 0 aromatic heterocycles. The Morgan fingerprint density at radius 2 is 2.00 bits per heavy atom. The Morgan fingerprint density at radius 1 is 1.25 bits per heavy atom. The summed E-state index contributed by atoms with van der Waals surface area (Å²) in [5.41, 5.74) is 0. The van der Waals surface area contributed by atoms with Crippen molar-refractivity contribution in [1.29, 1.82) is 0 Å². The lowest BCUT2D eigenvalue weighted by Crippen LogP contribution is -2.48. The zero-order valence-corrected chi connectivity index (χ0v) is 13.3. The van der Waals surface area contributed by atoms with Crippen LogP contribution in [-0.4, -0.2) is 47.8 Å². The molecule has 0 aliphatic carbocycles. The highest BCUT2D eigenvalue weighted by molar-refractivity contribution is 5.71. The van der Waals surface area contributed by atoms with E-state index in [1.54, 1.807) is 0 Å². The van der Waals surface area contributed by atoms with Gasteiger partial charge in [0, 0.05) is 12.1 Å². The average molecular weight is 285 g/mol. The van der Waals surface area contributed by atoms with E-state index in [-0.39, 0.29) is 12.0 Å². The Morgan fingerprint density at radius 3 is 2.60 bits per heavy atom. The summed E-state index contributed by atoms with van der Waals surface area (Å²) in [5.74, 6) is -1.08. The predicted octanol–water partition coefficient (Wildman–Crippen LogP) is 3.16. The lowest BCUT2D eigenvalue weighted by molar-refractivity contribution is -0.143. The largest absolute Gasteiger partial charge is 0.481 e. The van der Waals surface area contributed by atoms with Gasteiger partial charge in [-0.2, -0.15) is 0 Å². The van der Waals surface area contributed by atoms with Gasteiger partial charge in [0.2, 0.25) is 0 Å². The molecular formula is C16H31NO3. The molecule has 3 atom stereocenters. The van der Waals surface area contributed by atoms with Crippen LogP contribution in [0, 0.1) is 5.92 Å². The Labute approximate surface area is 123 Å². The number of rotatable bonds is 10. The summed E-state index contributed by atoms with van der Waals surface area (Å²) in [4.78, 5) is 13.7. The number of aliphatic carboxylic acids is 1. The molecule has 0 radical (unpaired) electrons. The van der Waals surface area contributed by atoms with Gasteiger partial charge in [-0.15, -0.1) is 0 Å². The summed E-state index contributed by atoms with van der Waals surface area (Å²) in [6, 6.07) is 0.494. The molecule has 0 aromatic rings. The van der Waals surface area contributed by atoms with Crippen LogP contribution in [0.2, 0.25) is 0 Å². The second kappa shape index (κ2) is 9.35. The third-order valence-corrected chi connectivity index (χ3v) is 4.32. The molecule has 0 bridgehead atoms. The van der Waals surface area contributed by atoms with Crippen LogP contribution in [0.4, 0.5) is 0 Å². The minimum Gasteiger partial charge on any atom is -0.481 e. The van der Waals surface area contributed by atoms with Gasteiger partial charge in [0.05, 0.1) is 19.1 Å². The Balaban J connectivity index is 2.55. The summed E-state index contributed by atoms with van der Waals surface area (Å²) in [6.45, 7) is 8.51. The van der Waals surface area contributed by atoms with Gasteiger partial charge in [0.1, 0.15) is 0 Å². The van der Waals surface area contributed by atoms with Crippen LogP contribution in [0.1, 0.15) is 59.3 Å². The summed E-state index contributed by atoms with van der Waals surface area (Å²) in [7, 11) is 0. The number of carbonyl (C=O) groups is 1. The predicted molar refractivity (Wildman–Crippen MR) is 81.0 cm³/mol. The van der Waals surface area contributed by atoms with E-state index in [2.05, 4.69) is 25.7 Å². The van der Waals surface area contributed by atoms with Crippen molar-refractivity contribution < 1.29 is 14.6 Å². The number of hydrogen-bond acceptors (Lipinski definition) is 3. The number of unbranched alkanes of at least 4 members (excludes halogenated alkanes) is 3. The van der Waals surface area contributed by atoms with Gasteiger partial charge in [-0.05, 0) is 26.3 Å². The second-order valence-electron chi connectivity index (χ2n) is 5.99. The summed E-state index contributed by atoms with van der Waals surface area (Å²) in [6.07, 6.45) is 7.28. The fraction of sp³-hybridized carbons (Fsp3) is 0.938. The first-order chi connectivity index (χ1) is 9.61. The Bertz CT molecular complexity index is 283. The van der Waals surface area contributed by atoms with Gasteiger partial charge in [-0.1, -0.05) is 39.5 Å². The molecule has 0 spiro atoms. The molecule has 1 N–H and O–H groups in total. The minimum atomic E-state index is -0.716. The van der Waals surface area contributed by atoms with E-state index in [1.807, 2.05) is 0 Å². The fourth-order valence-electron chi connectivity index (χ4n) is 3.11. The molecule has 0 aromatic carbocycles. The lowest BCUT2D eigenvalue weighted by atomic mass is 9.98. The van der Waals surface area contributed by atoms with Crippen molar-refractivity contribution in [2.24, 2.45) is 5.92 Å². The van der Waals surface area contributed by atoms with Crippen LogP contribution in [0.25, 0.3) is 0 Å². The fourth-order valence-corrected chi connectivity index (χ4v) is 3.11. The van der Waals surface area contributed by atoms with Crippen molar-refractivity contribution in [3.63, 3.8) is 0 Å². The van der Waals surface area contributed by atoms with E-state index >= 15 is 0 Å². The molecule has 4 heteroatoms. The Kier molecular flexibility index (Phi) is 8.15. The molecular weight excluding hydrogens is 254 g/mol. The van der Waals surface area contributed by atoms with E-state index < -0.39 is 5.97 Å². The first-order valence-electron chi connectivity index (χ1n) is 8.18. The zero-order valence-electron chi connectivity index (χ0n) is 13.3. The highest BCUT2D eigenvalue weighted by Crippen LogP contribution is 2.24. The zero-order chi connectivity index (χ0) is 15.0. The number of carboxylic acids is 1. The number of carboxylic acid groups (broad SMARTS) is 1. The quantitative estimate of drug-likeness (QED) is 0.626. The van der Waals surface area contributed by atoms with Gasteiger partial charge in [-0.3, -0.25) is 9.69 Å². The standard InChI is InChI=1S/C16H31NO3/c1-4-6-7-8-9-13(3)17(10-5-2)15-12-20-11-14(15)16(18)19/h13-15H,4-12H2,1-3H3,(H,18,19). The van der Waals surface area contributed by atoms with Crippen molar-refractivity contribution in [1.82, 2.24) is 4.90 Å². The second-order valence-corrected chi connectivity index (χ2v) is 5.99. The molecule has 1 aliphatic heterocycles. The normalized spacial score (nSPS) is 24.2. The summed E-state index contributed by atoms with van der Waals surface area (Å²) >= 11 is 0. The molecule has 1 saturated heterocycles. The minimum absolute atomic E-state index is 0.0497. The van der Waals surface area contributed by atoms with Gasteiger partial charge in [0.25, 0.3) is 0 Å². The SMILES string of the molecule is CCCCCCC(C)N(CCC)C1COCC1C(=O)O. The maximum absolute atomic E-state index is 11.3. The molecule has 1 aliphatic rings. The van der Waals surface area contributed by atoms with Crippen LogP contribution < -0.4 is 0 Å². The van der Waals surface area contributed by atoms with Crippen molar-refractivity contribution in [3.05, 3.63) is 0 Å². The molecule has 3 unspecified atom stereocenters. The monoisotopic (exact) mass is 285 g/mol. The highest BCUT2D eigenvalue weighted by Gasteiger charge is 2.39. The molecule has 0 amide bonds. The van der Waals surface area contributed by atoms with Crippen molar-refractivity contribution >= 4 is 5.97 Å². The molecule has 1 heterocycles. The smallest absolute Gasteiger partial charge is 0.310 e. The molecule has 0 saturated carbocycles. The van der Waals surface area contributed by atoms with E-state index in [4.69, 9.17) is 4.74 Å². The molecule has 20 heavy (non-hydrogen) atoms. The maximum Gasteiger partial charge on any atom is 0.310 e. The van der Waals surface area contributed by atoms with Crippen molar-refractivity contribution in [2.45, 2.75) is 71.4 Å². The Hall–Kier alpha value is -0.610. The topological polar surface area (TPSA) is 49.8 Å². The molecule has 4 nitrogen and oxygen atoms in total. The van der Waals surface area contributed by atoms with Crippen LogP contribution in [0.3, 0.4) is 0 Å². The van der Waals surface area contributed by atoms with Crippen LogP contribution >= 0.6 is 0 Å². The number of nitrogens with zero attached hydrogens (tertiary/aromatic N) is 1. The van der Waals surface area contributed by atoms with Crippen LogP contribution in [0.15, 0.2) is 0 Å². The summed E-state index contributed by atoms with van der Waals surface area (Å²) < 4.78 is 5.43. The van der Waals surface area contributed by atoms with E-state index in [9.17, 15) is 9.90 Å². The van der Waals surface area contributed by atoms with E-state index in [0.717, 1.165) is 19.4 Å². The first-order valence-corrected chi connectivity index (χ1v) is 8.18. The number of hydrogen-bond donors (Lipinski definition) is 1. The third kappa shape index (κ3) is 5.06. The van der Waals surface area contributed by atoms with Crippen LogP contribution in [-0.2, 0) is 9.53 Å². The highest BCUT2D eigenvalue weighted by atomic mass is 16.5.